The molecule has 0 saturated carbocycles. The van der Waals surface area contributed by atoms with Gasteiger partial charge in [-0.25, -0.2) is 4.79 Å². The normalized spacial score (nSPS) is 11.0. The molecule has 0 atom stereocenters. The van der Waals surface area contributed by atoms with Crippen molar-refractivity contribution < 1.29 is 9.53 Å². The van der Waals surface area contributed by atoms with Gasteiger partial charge in [-0.3, -0.25) is 9.69 Å². The van der Waals surface area contributed by atoms with Crippen LogP contribution in [0.5, 0.6) is 5.75 Å². The second kappa shape index (κ2) is 8.49. The number of H-pyrrole nitrogens is 2. The zero-order valence-electron chi connectivity index (χ0n) is 14.5. The molecule has 0 bridgehead atoms. The summed E-state index contributed by atoms with van der Waals surface area (Å²) >= 11 is 0. The van der Waals surface area contributed by atoms with Crippen LogP contribution >= 0.6 is 0 Å². The molecule has 130 valence electrons. The van der Waals surface area contributed by atoms with Gasteiger partial charge in [0.05, 0.1) is 12.8 Å². The summed E-state index contributed by atoms with van der Waals surface area (Å²) in [6.45, 7) is 6.64. The van der Waals surface area contributed by atoms with E-state index in [0.29, 0.717) is 29.2 Å². The second-order valence-electron chi connectivity index (χ2n) is 5.77. The van der Waals surface area contributed by atoms with Crippen molar-refractivity contribution in [2.75, 3.05) is 20.2 Å². The maximum atomic E-state index is 12.7. The molecular formula is C18H25N3O3. The monoisotopic (exact) mass is 331 g/mol. The topological polar surface area (TPSA) is 78.2 Å². The molecule has 0 radical (unpaired) electrons. The summed E-state index contributed by atoms with van der Waals surface area (Å²) in [7, 11) is 1.58. The van der Waals surface area contributed by atoms with Gasteiger partial charge in [-0.15, -0.1) is 0 Å². The Labute approximate surface area is 141 Å². The third-order valence-corrected chi connectivity index (χ3v) is 3.85. The smallest absolute Gasteiger partial charge is 0.323 e. The maximum Gasteiger partial charge on any atom is 0.323 e. The van der Waals surface area contributed by atoms with Gasteiger partial charge in [0.2, 0.25) is 5.78 Å². The maximum absolute atomic E-state index is 12.7. The molecule has 24 heavy (non-hydrogen) atoms. The standard InChI is InChI=1S/C18H25N3O3/c1-4-10-21(11-5-2)12-15-16(20-18(23)19-15)17(22)13-6-8-14(24-3)9-7-13/h6-9H,4-5,10-12H2,1-3H3,(H2,19,20,23). The highest BCUT2D eigenvalue weighted by molar-refractivity contribution is 6.08. The average Bonchev–Trinajstić information content (AvgIpc) is 2.95. The zero-order valence-corrected chi connectivity index (χ0v) is 14.5. The number of hydrogen-bond acceptors (Lipinski definition) is 4. The van der Waals surface area contributed by atoms with Crippen LogP contribution in [0.4, 0.5) is 0 Å². The van der Waals surface area contributed by atoms with Crippen LogP contribution in [0.3, 0.4) is 0 Å². The SMILES string of the molecule is CCCN(CCC)Cc1[nH]c(=O)[nH]c1C(=O)c1ccc(OC)cc1. The van der Waals surface area contributed by atoms with Crippen molar-refractivity contribution in [3.63, 3.8) is 0 Å². The Morgan fingerprint density at radius 3 is 2.25 bits per heavy atom. The number of carbonyl (C=O) groups is 1. The Balaban J connectivity index is 2.26. The fourth-order valence-electron chi connectivity index (χ4n) is 2.74. The van der Waals surface area contributed by atoms with Crippen LogP contribution in [0.25, 0.3) is 0 Å². The third kappa shape index (κ3) is 4.35. The number of ether oxygens (including phenoxy) is 1. The first-order valence-electron chi connectivity index (χ1n) is 8.31. The molecular weight excluding hydrogens is 306 g/mol. The Morgan fingerprint density at radius 1 is 1.08 bits per heavy atom. The van der Waals surface area contributed by atoms with Gasteiger partial charge >= 0.3 is 5.69 Å². The molecule has 2 rings (SSSR count). The van der Waals surface area contributed by atoms with Crippen LogP contribution in [-0.2, 0) is 6.54 Å². The molecule has 1 aromatic carbocycles. The van der Waals surface area contributed by atoms with Crippen molar-refractivity contribution in [3.05, 3.63) is 51.7 Å². The quantitative estimate of drug-likeness (QED) is 0.692. The number of benzene rings is 1. The third-order valence-electron chi connectivity index (χ3n) is 3.85. The molecule has 0 saturated heterocycles. The zero-order chi connectivity index (χ0) is 17.5. The molecule has 1 aromatic heterocycles. The predicted molar refractivity (Wildman–Crippen MR) is 93.7 cm³/mol. The van der Waals surface area contributed by atoms with Crippen molar-refractivity contribution >= 4 is 5.78 Å². The van der Waals surface area contributed by atoms with Crippen LogP contribution in [0, 0.1) is 0 Å². The summed E-state index contributed by atoms with van der Waals surface area (Å²) in [6.07, 6.45) is 2.05. The minimum absolute atomic E-state index is 0.195. The average molecular weight is 331 g/mol. The van der Waals surface area contributed by atoms with E-state index in [1.807, 2.05) is 0 Å². The number of imidazole rings is 1. The lowest BCUT2D eigenvalue weighted by atomic mass is 10.1. The number of aromatic nitrogens is 2. The van der Waals surface area contributed by atoms with Gasteiger partial charge in [0, 0.05) is 12.1 Å². The summed E-state index contributed by atoms with van der Waals surface area (Å²) in [5.41, 5.74) is 1.14. The van der Waals surface area contributed by atoms with Crippen LogP contribution < -0.4 is 10.4 Å². The number of carbonyl (C=O) groups excluding carboxylic acids is 1. The lowest BCUT2D eigenvalue weighted by Crippen LogP contribution is -2.26. The minimum atomic E-state index is -0.352. The number of methoxy groups -OCH3 is 1. The molecule has 0 aliphatic heterocycles. The molecule has 6 nitrogen and oxygen atoms in total. The summed E-state index contributed by atoms with van der Waals surface area (Å²) in [4.78, 5) is 32.1. The number of rotatable bonds is 9. The number of hydrogen-bond donors (Lipinski definition) is 2. The lowest BCUT2D eigenvalue weighted by molar-refractivity contribution is 0.103. The van der Waals surface area contributed by atoms with Gasteiger partial charge in [-0.2, -0.15) is 0 Å². The molecule has 2 N–H and O–H groups in total. The summed E-state index contributed by atoms with van der Waals surface area (Å²) in [6, 6.07) is 6.87. The first-order valence-corrected chi connectivity index (χ1v) is 8.31. The minimum Gasteiger partial charge on any atom is -0.497 e. The van der Waals surface area contributed by atoms with E-state index in [9.17, 15) is 9.59 Å². The van der Waals surface area contributed by atoms with Crippen LogP contribution in [-0.4, -0.2) is 40.9 Å². The van der Waals surface area contributed by atoms with E-state index in [2.05, 4.69) is 28.7 Å². The first kappa shape index (κ1) is 18.0. The van der Waals surface area contributed by atoms with Gasteiger partial charge in [-0.1, -0.05) is 13.8 Å². The second-order valence-corrected chi connectivity index (χ2v) is 5.77. The van der Waals surface area contributed by atoms with E-state index in [0.717, 1.165) is 25.9 Å². The number of ketones is 1. The Hall–Kier alpha value is -2.34. The highest BCUT2D eigenvalue weighted by Gasteiger charge is 2.19. The van der Waals surface area contributed by atoms with E-state index < -0.39 is 0 Å². The van der Waals surface area contributed by atoms with Gasteiger partial charge < -0.3 is 14.7 Å². The van der Waals surface area contributed by atoms with Gasteiger partial charge in [0.15, 0.2) is 0 Å². The molecule has 0 amide bonds. The van der Waals surface area contributed by atoms with Crippen LogP contribution in [0.1, 0.15) is 48.4 Å². The lowest BCUT2D eigenvalue weighted by Gasteiger charge is -2.20. The number of aromatic amines is 2. The highest BCUT2D eigenvalue weighted by Crippen LogP contribution is 2.16. The van der Waals surface area contributed by atoms with Gasteiger partial charge in [-0.05, 0) is 50.2 Å². The molecule has 0 unspecified atom stereocenters. The number of nitrogens with zero attached hydrogens (tertiary/aromatic N) is 1. The van der Waals surface area contributed by atoms with E-state index in [4.69, 9.17) is 4.74 Å². The van der Waals surface area contributed by atoms with E-state index in [-0.39, 0.29) is 11.5 Å². The Kier molecular flexibility index (Phi) is 6.37. The molecule has 1 heterocycles. The fraction of sp³-hybridized carbons (Fsp3) is 0.444. The fourth-order valence-corrected chi connectivity index (χ4v) is 2.74. The Bertz CT molecular complexity index is 710. The first-order chi connectivity index (χ1) is 11.6. The number of nitrogens with one attached hydrogen (secondary N) is 2. The van der Waals surface area contributed by atoms with Crippen LogP contribution in [0.2, 0.25) is 0 Å². The van der Waals surface area contributed by atoms with E-state index in [1.165, 1.54) is 0 Å². The molecule has 0 fully saturated rings. The van der Waals surface area contributed by atoms with Crippen molar-refractivity contribution in [3.8, 4) is 5.75 Å². The summed E-state index contributed by atoms with van der Waals surface area (Å²) in [5.74, 6) is 0.491. The van der Waals surface area contributed by atoms with Crippen molar-refractivity contribution in [2.24, 2.45) is 0 Å². The largest absolute Gasteiger partial charge is 0.497 e. The molecule has 0 aliphatic carbocycles. The van der Waals surface area contributed by atoms with Crippen molar-refractivity contribution in [2.45, 2.75) is 33.2 Å². The molecule has 0 spiro atoms. The van der Waals surface area contributed by atoms with Crippen molar-refractivity contribution in [1.82, 2.24) is 14.9 Å². The molecule has 0 aliphatic rings. The van der Waals surface area contributed by atoms with Gasteiger partial charge in [0.1, 0.15) is 11.4 Å². The Morgan fingerprint density at radius 2 is 1.71 bits per heavy atom. The molecule has 6 heteroatoms. The van der Waals surface area contributed by atoms with E-state index in [1.54, 1.807) is 31.4 Å². The van der Waals surface area contributed by atoms with Gasteiger partial charge in [0.25, 0.3) is 0 Å². The molecule has 2 aromatic rings. The van der Waals surface area contributed by atoms with Crippen molar-refractivity contribution in [1.29, 1.82) is 0 Å². The van der Waals surface area contributed by atoms with E-state index >= 15 is 0 Å². The summed E-state index contributed by atoms with van der Waals surface area (Å²) < 4.78 is 5.11. The predicted octanol–water partition coefficient (Wildman–Crippen LogP) is 2.56. The highest BCUT2D eigenvalue weighted by atomic mass is 16.5. The summed E-state index contributed by atoms with van der Waals surface area (Å²) in [5, 5.41) is 0. The van der Waals surface area contributed by atoms with Crippen LogP contribution in [0.15, 0.2) is 29.1 Å².